The van der Waals surface area contributed by atoms with Crippen molar-refractivity contribution in [2.75, 3.05) is 11.9 Å². The molecule has 2 aromatic carbocycles. The molecule has 1 heterocycles. The zero-order valence-electron chi connectivity index (χ0n) is 19.8. The Balaban J connectivity index is 2.12. The average molecular weight is 560 g/mol. The summed E-state index contributed by atoms with van der Waals surface area (Å²) >= 11 is 0. The molecule has 3 rings (SSSR count). The molecule has 2 aromatic rings. The Kier molecular flexibility index (Phi) is 8.31. The van der Waals surface area contributed by atoms with E-state index in [1.165, 1.54) is 0 Å². The first-order chi connectivity index (χ1) is 18.1. The van der Waals surface area contributed by atoms with E-state index in [4.69, 9.17) is 10.1 Å². The van der Waals surface area contributed by atoms with Gasteiger partial charge in [0.05, 0.1) is 11.1 Å². The molecule has 15 heteroatoms. The van der Waals surface area contributed by atoms with Crippen molar-refractivity contribution in [1.29, 1.82) is 5.41 Å². The number of hydrogen-bond donors (Lipinski definition) is 3. The lowest BCUT2D eigenvalue weighted by atomic mass is 9.97. The van der Waals surface area contributed by atoms with Crippen LogP contribution in [0.15, 0.2) is 42.6 Å². The quantitative estimate of drug-likeness (QED) is 0.265. The van der Waals surface area contributed by atoms with Crippen LogP contribution < -0.4 is 20.3 Å². The fourth-order valence-electron chi connectivity index (χ4n) is 3.49. The van der Waals surface area contributed by atoms with Crippen LogP contribution in [0.3, 0.4) is 0 Å². The molecule has 8 nitrogen and oxygen atoms in total. The number of hydrogen-bond acceptors (Lipinski definition) is 6. The van der Waals surface area contributed by atoms with Crippen LogP contribution in [0.4, 0.5) is 41.2 Å². The van der Waals surface area contributed by atoms with E-state index in [-0.39, 0.29) is 30.7 Å². The molecule has 1 fully saturated rings. The second kappa shape index (κ2) is 11.1. The monoisotopic (exact) mass is 560 g/mol. The van der Waals surface area contributed by atoms with Gasteiger partial charge in [-0.2, -0.15) is 26.3 Å². The first kappa shape index (κ1) is 29.1. The highest BCUT2D eigenvalue weighted by Crippen LogP contribution is 2.44. The smallest absolute Gasteiger partial charge is 0.409 e. The topological polar surface area (TPSA) is 112 Å². The van der Waals surface area contributed by atoms with Gasteiger partial charge in [-0.1, -0.05) is 0 Å². The van der Waals surface area contributed by atoms with Crippen LogP contribution in [0.2, 0.25) is 0 Å². The Morgan fingerprint density at radius 1 is 1.10 bits per heavy atom. The van der Waals surface area contributed by atoms with E-state index >= 15 is 0 Å². The zero-order chi connectivity index (χ0) is 29.1. The van der Waals surface area contributed by atoms with Crippen molar-refractivity contribution in [1.82, 2.24) is 10.6 Å². The van der Waals surface area contributed by atoms with E-state index in [1.54, 1.807) is 0 Å². The molecular formula is C24H19F7N4O4. The predicted octanol–water partition coefficient (Wildman–Crippen LogP) is 4.88. The molecular weight excluding hydrogens is 541 g/mol. The minimum atomic E-state index is -5.44. The largest absolute Gasteiger partial charge is 0.420 e. The maximum Gasteiger partial charge on any atom is 0.420 e. The lowest BCUT2D eigenvalue weighted by Crippen LogP contribution is -2.49. The van der Waals surface area contributed by atoms with Crippen LogP contribution in [0.5, 0.6) is 5.75 Å². The van der Waals surface area contributed by atoms with E-state index in [0.29, 0.717) is 11.1 Å². The lowest BCUT2D eigenvalue weighted by molar-refractivity contribution is -0.143. The highest BCUT2D eigenvalue weighted by molar-refractivity contribution is 6.10. The normalized spacial score (nSPS) is 16.4. The van der Waals surface area contributed by atoms with Crippen molar-refractivity contribution in [3.05, 3.63) is 65.1 Å². The van der Waals surface area contributed by atoms with Gasteiger partial charge in [0.1, 0.15) is 11.9 Å². The number of nitrogens with zero attached hydrogens (tertiary/aromatic N) is 1. The molecule has 1 atom stereocenters. The summed E-state index contributed by atoms with van der Waals surface area (Å²) in [6, 6.07) is 3.09. The van der Waals surface area contributed by atoms with Crippen LogP contribution in [0.1, 0.15) is 29.5 Å². The molecule has 0 aliphatic carbocycles. The maximum atomic E-state index is 14.0. The van der Waals surface area contributed by atoms with Crippen LogP contribution in [0, 0.1) is 11.2 Å². The Bertz CT molecular complexity index is 1320. The molecule has 1 unspecified atom stereocenters. The molecule has 0 radical (unpaired) electrons. The van der Waals surface area contributed by atoms with Crippen LogP contribution in [-0.2, 0) is 21.9 Å². The molecule has 1 aliphatic rings. The first-order valence-corrected chi connectivity index (χ1v) is 11.0. The fraction of sp³-hybridized carbons (Fsp3) is 0.250. The summed E-state index contributed by atoms with van der Waals surface area (Å²) in [6.45, 7) is 0. The van der Waals surface area contributed by atoms with Crippen LogP contribution in [-0.4, -0.2) is 37.2 Å². The van der Waals surface area contributed by atoms with Gasteiger partial charge in [-0.25, -0.2) is 9.18 Å². The van der Waals surface area contributed by atoms with Gasteiger partial charge in [-0.15, -0.1) is 0 Å². The number of allylic oxidation sites excluding steroid dienone is 1. The molecule has 1 saturated heterocycles. The SMILES string of the molecule is CN(C(=O)Oc1c(/C(C=N)=C/NC2CCC(=O)NC2=O)cc(C(F)(F)F)cc1C(F)(F)F)c1ccc(F)cc1. The van der Waals surface area contributed by atoms with Crippen LogP contribution >= 0.6 is 0 Å². The van der Waals surface area contributed by atoms with Gasteiger partial charge in [0.25, 0.3) is 0 Å². The summed E-state index contributed by atoms with van der Waals surface area (Å²) < 4.78 is 101. The second-order valence-corrected chi connectivity index (χ2v) is 8.21. The van der Waals surface area contributed by atoms with Gasteiger partial charge < -0.3 is 15.5 Å². The second-order valence-electron chi connectivity index (χ2n) is 8.21. The number of alkyl halides is 6. The number of amides is 3. The van der Waals surface area contributed by atoms with E-state index < -0.39 is 70.1 Å². The van der Waals surface area contributed by atoms with Gasteiger partial charge in [0.2, 0.25) is 11.8 Å². The molecule has 3 amide bonds. The third kappa shape index (κ3) is 6.91. The minimum Gasteiger partial charge on any atom is -0.409 e. The van der Waals surface area contributed by atoms with Crippen molar-refractivity contribution in [3.8, 4) is 5.75 Å². The van der Waals surface area contributed by atoms with Gasteiger partial charge in [0.15, 0.2) is 5.75 Å². The fourth-order valence-corrected chi connectivity index (χ4v) is 3.49. The number of anilines is 1. The highest BCUT2D eigenvalue weighted by Gasteiger charge is 2.41. The Hall–Kier alpha value is -4.43. The summed E-state index contributed by atoms with van der Waals surface area (Å²) in [4.78, 5) is 36.7. The summed E-state index contributed by atoms with van der Waals surface area (Å²) in [5, 5.41) is 12.1. The average Bonchev–Trinajstić information content (AvgIpc) is 2.84. The highest BCUT2D eigenvalue weighted by atomic mass is 19.4. The number of benzene rings is 2. The van der Waals surface area contributed by atoms with Crippen molar-refractivity contribution in [2.45, 2.75) is 31.2 Å². The number of halogens is 7. The third-order valence-corrected chi connectivity index (χ3v) is 5.54. The standard InChI is InChI=1S/C24H19F7N4O4/c1-35(15-4-2-14(25)3-5-15)22(38)39-20-16(8-13(23(26,27)28)9-17(20)24(29,30)31)12(10-32)11-33-18-6-7-19(36)34-21(18)37/h2-5,8-11,18,32-33H,6-7H2,1H3,(H,34,36,37)/b12-11+,32-10?. The van der Waals surface area contributed by atoms with E-state index in [1.807, 2.05) is 5.32 Å². The van der Waals surface area contributed by atoms with Crippen molar-refractivity contribution in [2.24, 2.45) is 0 Å². The minimum absolute atomic E-state index is 0.00855. The number of nitrogens with one attached hydrogen (secondary N) is 3. The van der Waals surface area contributed by atoms with Gasteiger partial charge in [-0.3, -0.25) is 19.8 Å². The summed E-state index contributed by atoms with van der Waals surface area (Å²) in [5.74, 6) is -3.37. The van der Waals surface area contributed by atoms with E-state index in [2.05, 4.69) is 5.32 Å². The molecule has 0 aromatic heterocycles. The van der Waals surface area contributed by atoms with E-state index in [9.17, 15) is 45.1 Å². The molecule has 0 spiro atoms. The molecule has 0 bridgehead atoms. The molecule has 1 aliphatic heterocycles. The lowest BCUT2D eigenvalue weighted by Gasteiger charge is -2.23. The first-order valence-electron chi connectivity index (χ1n) is 11.0. The van der Waals surface area contributed by atoms with Crippen molar-refractivity contribution >= 4 is 35.4 Å². The Morgan fingerprint density at radius 3 is 2.28 bits per heavy atom. The molecule has 3 N–H and O–H groups in total. The predicted molar refractivity (Wildman–Crippen MR) is 123 cm³/mol. The number of piperidine rings is 1. The summed E-state index contributed by atoms with van der Waals surface area (Å²) in [7, 11) is 1.07. The van der Waals surface area contributed by atoms with Gasteiger partial charge >= 0.3 is 18.4 Å². The molecule has 39 heavy (non-hydrogen) atoms. The number of imide groups is 1. The van der Waals surface area contributed by atoms with E-state index in [0.717, 1.165) is 37.5 Å². The molecule has 208 valence electrons. The van der Waals surface area contributed by atoms with Gasteiger partial charge in [-0.05, 0) is 42.8 Å². The Labute approximate surface area is 215 Å². The number of carbonyl (C=O) groups is 3. The Morgan fingerprint density at radius 2 is 1.74 bits per heavy atom. The summed E-state index contributed by atoms with van der Waals surface area (Å²) in [6.07, 6.45) is -11.1. The number of ether oxygens (including phenoxy) is 1. The van der Waals surface area contributed by atoms with Crippen molar-refractivity contribution < 1.29 is 49.9 Å². The zero-order valence-corrected chi connectivity index (χ0v) is 19.8. The summed E-state index contributed by atoms with van der Waals surface area (Å²) in [5.41, 5.74) is -5.26. The van der Waals surface area contributed by atoms with Crippen LogP contribution in [0.25, 0.3) is 5.57 Å². The maximum absolute atomic E-state index is 14.0. The molecule has 0 saturated carbocycles. The van der Waals surface area contributed by atoms with Gasteiger partial charge in [0, 0.05) is 42.7 Å². The van der Waals surface area contributed by atoms with Crippen molar-refractivity contribution in [3.63, 3.8) is 0 Å². The number of rotatable bonds is 6. The number of carbonyl (C=O) groups excluding carboxylic acids is 3. The third-order valence-electron chi connectivity index (χ3n) is 5.54.